The van der Waals surface area contributed by atoms with Gasteiger partial charge in [-0.05, 0) is 24.7 Å². The van der Waals surface area contributed by atoms with Gasteiger partial charge in [-0.1, -0.05) is 52.1 Å². The Kier molecular flexibility index (Phi) is 7.66. The monoisotopic (exact) mass is 363 g/mol. The van der Waals surface area contributed by atoms with Crippen molar-refractivity contribution in [2.24, 2.45) is 17.8 Å². The number of nitrogens with zero attached hydrogens (tertiary/aromatic N) is 2. The van der Waals surface area contributed by atoms with Crippen LogP contribution < -0.4 is 5.32 Å². The Labute approximate surface area is 156 Å². The summed E-state index contributed by atoms with van der Waals surface area (Å²) in [5.74, 6) is 1.41. The molecule has 0 aliphatic heterocycles. The van der Waals surface area contributed by atoms with E-state index in [0.29, 0.717) is 37.2 Å². The summed E-state index contributed by atoms with van der Waals surface area (Å²) in [6.07, 6.45) is 5.45. The van der Waals surface area contributed by atoms with Crippen LogP contribution in [0.2, 0.25) is 0 Å². The molecular weight excluding hydrogens is 330 g/mol. The maximum Gasteiger partial charge on any atom is 0.273 e. The molecule has 26 heavy (non-hydrogen) atoms. The van der Waals surface area contributed by atoms with Crippen LogP contribution in [0.15, 0.2) is 10.6 Å². The molecule has 1 N–H and O–H groups in total. The summed E-state index contributed by atoms with van der Waals surface area (Å²) < 4.78 is 5.34. The Morgan fingerprint density at radius 3 is 2.50 bits per heavy atom. The minimum absolute atomic E-state index is 0.124. The smallest absolute Gasteiger partial charge is 0.273 e. The number of carbonyl (C=O) groups is 2. The second-order valence-corrected chi connectivity index (χ2v) is 8.23. The first-order valence-corrected chi connectivity index (χ1v) is 9.89. The molecule has 146 valence electrons. The molecule has 6 heteroatoms. The van der Waals surface area contributed by atoms with Crippen LogP contribution in [0.4, 0.5) is 0 Å². The van der Waals surface area contributed by atoms with Crippen molar-refractivity contribution in [2.45, 2.75) is 66.3 Å². The van der Waals surface area contributed by atoms with Crippen molar-refractivity contribution in [1.82, 2.24) is 15.4 Å². The van der Waals surface area contributed by atoms with Crippen molar-refractivity contribution in [2.75, 3.05) is 13.1 Å². The van der Waals surface area contributed by atoms with Crippen LogP contribution >= 0.6 is 0 Å². The lowest BCUT2D eigenvalue weighted by molar-refractivity contribution is -0.138. The number of amides is 2. The molecule has 2 amide bonds. The lowest BCUT2D eigenvalue weighted by Crippen LogP contribution is -2.38. The Morgan fingerprint density at radius 2 is 1.88 bits per heavy atom. The highest BCUT2D eigenvalue weighted by Gasteiger charge is 2.27. The first kappa shape index (κ1) is 20.5. The van der Waals surface area contributed by atoms with Crippen LogP contribution in [0.25, 0.3) is 0 Å². The molecule has 1 heterocycles. The van der Waals surface area contributed by atoms with Crippen LogP contribution in [0.3, 0.4) is 0 Å². The molecule has 0 bridgehead atoms. The summed E-state index contributed by atoms with van der Waals surface area (Å²) in [6, 6.07) is 1.65. The maximum atomic E-state index is 12.9. The first-order valence-electron chi connectivity index (χ1n) is 9.89. The molecule has 1 aliphatic rings. The molecule has 0 atom stereocenters. The molecule has 0 unspecified atom stereocenters. The minimum Gasteiger partial charge on any atom is -0.359 e. The van der Waals surface area contributed by atoms with E-state index < -0.39 is 0 Å². The van der Waals surface area contributed by atoms with E-state index in [1.165, 1.54) is 6.42 Å². The van der Waals surface area contributed by atoms with E-state index in [1.54, 1.807) is 6.07 Å². The standard InChI is InChI=1S/C20H33N3O3/c1-14(2)11-21-19(24)18-10-17(26-22-18)13-23(12-15(3)4)20(25)16-8-6-5-7-9-16/h10,14-16H,5-9,11-13H2,1-4H3,(H,21,24). The average Bonchev–Trinajstić information content (AvgIpc) is 3.07. The van der Waals surface area contributed by atoms with E-state index in [1.807, 2.05) is 18.7 Å². The zero-order valence-electron chi connectivity index (χ0n) is 16.6. The summed E-state index contributed by atoms with van der Waals surface area (Å²) in [6.45, 7) is 9.94. The fourth-order valence-corrected chi connectivity index (χ4v) is 3.35. The van der Waals surface area contributed by atoms with Gasteiger partial charge in [-0.15, -0.1) is 0 Å². The molecule has 0 spiro atoms. The van der Waals surface area contributed by atoms with Gasteiger partial charge >= 0.3 is 0 Å². The zero-order chi connectivity index (χ0) is 19.1. The number of nitrogens with one attached hydrogen (secondary N) is 1. The largest absolute Gasteiger partial charge is 0.359 e. The molecule has 1 saturated carbocycles. The van der Waals surface area contributed by atoms with Crippen molar-refractivity contribution >= 4 is 11.8 Å². The second kappa shape index (κ2) is 9.74. The Morgan fingerprint density at radius 1 is 1.19 bits per heavy atom. The topological polar surface area (TPSA) is 75.4 Å². The van der Waals surface area contributed by atoms with E-state index in [0.717, 1.165) is 25.7 Å². The molecule has 1 aliphatic carbocycles. The van der Waals surface area contributed by atoms with Gasteiger partial charge in [-0.2, -0.15) is 0 Å². The first-order chi connectivity index (χ1) is 12.4. The van der Waals surface area contributed by atoms with Gasteiger partial charge in [0.1, 0.15) is 0 Å². The van der Waals surface area contributed by atoms with Crippen molar-refractivity contribution < 1.29 is 14.1 Å². The van der Waals surface area contributed by atoms with Crippen LogP contribution in [0.5, 0.6) is 0 Å². The molecule has 1 aromatic rings. The predicted molar refractivity (Wildman–Crippen MR) is 101 cm³/mol. The number of rotatable bonds is 8. The molecule has 1 aromatic heterocycles. The fourth-order valence-electron chi connectivity index (χ4n) is 3.35. The summed E-state index contributed by atoms with van der Waals surface area (Å²) >= 11 is 0. The van der Waals surface area contributed by atoms with Crippen LogP contribution in [0, 0.1) is 17.8 Å². The van der Waals surface area contributed by atoms with E-state index in [2.05, 4.69) is 24.3 Å². The number of carbonyl (C=O) groups excluding carboxylic acids is 2. The summed E-state index contributed by atoms with van der Waals surface area (Å²) in [4.78, 5) is 26.9. The molecule has 0 saturated heterocycles. The average molecular weight is 364 g/mol. The molecule has 2 rings (SSSR count). The molecule has 1 fully saturated rings. The maximum absolute atomic E-state index is 12.9. The third-order valence-electron chi connectivity index (χ3n) is 4.66. The van der Waals surface area contributed by atoms with Gasteiger partial charge in [0.25, 0.3) is 5.91 Å². The number of aromatic nitrogens is 1. The Bertz CT molecular complexity index is 589. The van der Waals surface area contributed by atoms with Crippen LogP contribution in [-0.2, 0) is 11.3 Å². The van der Waals surface area contributed by atoms with E-state index in [-0.39, 0.29) is 23.4 Å². The van der Waals surface area contributed by atoms with E-state index >= 15 is 0 Å². The lowest BCUT2D eigenvalue weighted by atomic mass is 9.88. The molecule has 0 aromatic carbocycles. The van der Waals surface area contributed by atoms with Gasteiger partial charge in [0.2, 0.25) is 5.91 Å². The lowest BCUT2D eigenvalue weighted by Gasteiger charge is -2.29. The highest BCUT2D eigenvalue weighted by atomic mass is 16.5. The highest BCUT2D eigenvalue weighted by Crippen LogP contribution is 2.26. The van der Waals surface area contributed by atoms with E-state index in [9.17, 15) is 9.59 Å². The van der Waals surface area contributed by atoms with Crippen molar-refractivity contribution in [3.05, 3.63) is 17.5 Å². The quantitative estimate of drug-likeness (QED) is 0.765. The van der Waals surface area contributed by atoms with Crippen molar-refractivity contribution in [1.29, 1.82) is 0 Å². The van der Waals surface area contributed by atoms with Gasteiger partial charge in [-0.3, -0.25) is 9.59 Å². The predicted octanol–water partition coefficient (Wildman–Crippen LogP) is 3.63. The normalized spacial score (nSPS) is 15.5. The molecule has 0 radical (unpaired) electrons. The highest BCUT2D eigenvalue weighted by molar-refractivity contribution is 5.92. The van der Waals surface area contributed by atoms with Crippen LogP contribution in [0.1, 0.15) is 76.0 Å². The van der Waals surface area contributed by atoms with Gasteiger partial charge < -0.3 is 14.7 Å². The van der Waals surface area contributed by atoms with Crippen molar-refractivity contribution in [3.63, 3.8) is 0 Å². The molecular formula is C20H33N3O3. The Hall–Kier alpha value is -1.85. The van der Waals surface area contributed by atoms with Gasteiger partial charge in [-0.25, -0.2) is 0 Å². The minimum atomic E-state index is -0.234. The number of hydrogen-bond acceptors (Lipinski definition) is 4. The molecule has 6 nitrogen and oxygen atoms in total. The van der Waals surface area contributed by atoms with Crippen LogP contribution in [-0.4, -0.2) is 35.0 Å². The number of hydrogen-bond donors (Lipinski definition) is 1. The second-order valence-electron chi connectivity index (χ2n) is 8.23. The van der Waals surface area contributed by atoms with Gasteiger partial charge in [0.05, 0.1) is 6.54 Å². The Balaban J connectivity index is 2.01. The third kappa shape index (κ3) is 6.15. The fraction of sp³-hybridized carbons (Fsp3) is 0.750. The summed E-state index contributed by atoms with van der Waals surface area (Å²) in [5.41, 5.74) is 0.273. The summed E-state index contributed by atoms with van der Waals surface area (Å²) in [7, 11) is 0. The SMILES string of the molecule is CC(C)CNC(=O)c1cc(CN(CC(C)C)C(=O)C2CCCCC2)on1. The van der Waals surface area contributed by atoms with Crippen molar-refractivity contribution in [3.8, 4) is 0 Å². The van der Waals surface area contributed by atoms with Gasteiger partial charge in [0.15, 0.2) is 11.5 Å². The third-order valence-corrected chi connectivity index (χ3v) is 4.66. The van der Waals surface area contributed by atoms with Gasteiger partial charge in [0, 0.05) is 25.1 Å². The summed E-state index contributed by atoms with van der Waals surface area (Å²) in [5, 5.41) is 6.70. The zero-order valence-corrected chi connectivity index (χ0v) is 16.6. The van der Waals surface area contributed by atoms with E-state index in [4.69, 9.17) is 4.52 Å².